The fourth-order valence-electron chi connectivity index (χ4n) is 2.12. The topological polar surface area (TPSA) is 39.2 Å². The zero-order valence-corrected chi connectivity index (χ0v) is 12.5. The highest BCUT2D eigenvalue weighted by Gasteiger charge is 2.16. The van der Waals surface area contributed by atoms with E-state index in [0.29, 0.717) is 26.4 Å². The van der Waals surface area contributed by atoms with Crippen molar-refractivity contribution in [2.75, 3.05) is 0 Å². The molecule has 2 aromatic carbocycles. The van der Waals surface area contributed by atoms with Gasteiger partial charge in [-0.2, -0.15) is 0 Å². The number of halogens is 3. The first-order valence-corrected chi connectivity index (χ1v) is 7.07. The van der Waals surface area contributed by atoms with Gasteiger partial charge in [0.25, 0.3) is 0 Å². The average molecular weight is 327 g/mol. The summed E-state index contributed by atoms with van der Waals surface area (Å²) in [5.74, 6) is 0.617. The van der Waals surface area contributed by atoms with Crippen LogP contribution in [0.5, 0.6) is 0 Å². The van der Waals surface area contributed by atoms with Crippen molar-refractivity contribution in [3.63, 3.8) is 0 Å². The van der Waals surface area contributed by atoms with Crippen LogP contribution in [0.4, 0.5) is 0 Å². The molecule has 0 amide bonds. The van der Waals surface area contributed by atoms with Crippen LogP contribution < -0.4 is 5.73 Å². The van der Waals surface area contributed by atoms with Gasteiger partial charge < -0.3 is 10.2 Å². The Balaban J connectivity index is 2.07. The summed E-state index contributed by atoms with van der Waals surface area (Å²) in [6.07, 6.45) is 0. The molecule has 0 aliphatic carbocycles. The Morgan fingerprint density at radius 3 is 2.30 bits per heavy atom. The molecule has 0 saturated heterocycles. The van der Waals surface area contributed by atoms with E-state index in [2.05, 4.69) is 0 Å². The van der Waals surface area contributed by atoms with E-state index in [1.807, 2.05) is 18.2 Å². The second kappa shape index (κ2) is 5.30. The van der Waals surface area contributed by atoms with Gasteiger partial charge in [0.05, 0.1) is 11.1 Å². The molecule has 2 N–H and O–H groups in total. The third-order valence-corrected chi connectivity index (χ3v) is 3.80. The lowest BCUT2D eigenvalue weighted by Crippen LogP contribution is -2.10. The number of rotatable bonds is 2. The zero-order chi connectivity index (χ0) is 14.3. The highest BCUT2D eigenvalue weighted by Crippen LogP contribution is 2.32. The molecule has 2 nitrogen and oxygen atoms in total. The van der Waals surface area contributed by atoms with E-state index < -0.39 is 6.04 Å². The SMILES string of the molecule is NC(c1cc(Cl)cc(Cl)c1)c1cc2cccc(Cl)c2o1. The maximum Gasteiger partial charge on any atom is 0.152 e. The molecule has 0 aliphatic heterocycles. The molecule has 1 atom stereocenters. The van der Waals surface area contributed by atoms with Crippen LogP contribution in [-0.4, -0.2) is 0 Å². The second-order valence-electron chi connectivity index (χ2n) is 4.49. The maximum absolute atomic E-state index is 6.21. The molecular weight excluding hydrogens is 317 g/mol. The molecule has 0 radical (unpaired) electrons. The summed E-state index contributed by atoms with van der Waals surface area (Å²) in [6.45, 7) is 0. The second-order valence-corrected chi connectivity index (χ2v) is 5.77. The highest BCUT2D eigenvalue weighted by molar-refractivity contribution is 6.35. The van der Waals surface area contributed by atoms with Crippen molar-refractivity contribution >= 4 is 45.8 Å². The monoisotopic (exact) mass is 325 g/mol. The Hall–Kier alpha value is -1.19. The fraction of sp³-hybridized carbons (Fsp3) is 0.0667. The Morgan fingerprint density at radius 2 is 1.65 bits per heavy atom. The fourth-order valence-corrected chi connectivity index (χ4v) is 2.88. The van der Waals surface area contributed by atoms with E-state index in [0.717, 1.165) is 10.9 Å². The molecule has 0 aliphatic rings. The van der Waals surface area contributed by atoms with Gasteiger partial charge in [0, 0.05) is 15.4 Å². The van der Waals surface area contributed by atoms with E-state index in [4.69, 9.17) is 45.0 Å². The van der Waals surface area contributed by atoms with Gasteiger partial charge >= 0.3 is 0 Å². The van der Waals surface area contributed by atoms with Gasteiger partial charge in [-0.3, -0.25) is 0 Å². The molecule has 5 heteroatoms. The summed E-state index contributed by atoms with van der Waals surface area (Å²) in [6, 6.07) is 12.2. The molecule has 0 bridgehead atoms. The van der Waals surface area contributed by atoms with Gasteiger partial charge in [-0.05, 0) is 35.9 Å². The van der Waals surface area contributed by atoms with Crippen LogP contribution in [0.25, 0.3) is 11.0 Å². The standard InChI is InChI=1S/C15H10Cl3NO/c16-10-4-9(5-11(17)7-10)14(19)13-6-8-2-1-3-12(18)15(8)20-13/h1-7,14H,19H2. The van der Waals surface area contributed by atoms with Gasteiger partial charge in [-0.1, -0.05) is 46.9 Å². The van der Waals surface area contributed by atoms with Crippen LogP contribution in [0.1, 0.15) is 17.4 Å². The summed E-state index contributed by atoms with van der Waals surface area (Å²) >= 11 is 18.1. The van der Waals surface area contributed by atoms with Crippen molar-refractivity contribution in [1.29, 1.82) is 0 Å². The molecule has 0 spiro atoms. The normalized spacial score (nSPS) is 12.8. The lowest BCUT2D eigenvalue weighted by Gasteiger charge is -2.10. The summed E-state index contributed by atoms with van der Waals surface area (Å²) in [5.41, 5.74) is 7.64. The van der Waals surface area contributed by atoms with Gasteiger partial charge in [0.2, 0.25) is 0 Å². The molecule has 102 valence electrons. The number of furan rings is 1. The predicted molar refractivity (Wildman–Crippen MR) is 83.7 cm³/mol. The summed E-state index contributed by atoms with van der Waals surface area (Å²) in [5, 5.41) is 2.55. The molecule has 3 aromatic rings. The van der Waals surface area contributed by atoms with Crippen molar-refractivity contribution in [3.05, 3.63) is 68.9 Å². The van der Waals surface area contributed by atoms with Crippen molar-refractivity contribution in [2.45, 2.75) is 6.04 Å². The van der Waals surface area contributed by atoms with Gasteiger partial charge in [0.15, 0.2) is 5.58 Å². The largest absolute Gasteiger partial charge is 0.457 e. The van der Waals surface area contributed by atoms with Gasteiger partial charge in [-0.15, -0.1) is 0 Å². The van der Waals surface area contributed by atoms with E-state index in [1.165, 1.54) is 0 Å². The number of nitrogens with two attached hydrogens (primary N) is 1. The number of hydrogen-bond acceptors (Lipinski definition) is 2. The Labute approximate surface area is 131 Å². The minimum absolute atomic E-state index is 0.449. The lowest BCUT2D eigenvalue weighted by molar-refractivity contribution is 0.525. The van der Waals surface area contributed by atoms with E-state index >= 15 is 0 Å². The first-order chi connectivity index (χ1) is 9.54. The van der Waals surface area contributed by atoms with Gasteiger partial charge in [-0.25, -0.2) is 0 Å². The minimum Gasteiger partial charge on any atom is -0.457 e. The molecule has 0 fully saturated rings. The zero-order valence-electron chi connectivity index (χ0n) is 10.2. The lowest BCUT2D eigenvalue weighted by atomic mass is 10.1. The van der Waals surface area contributed by atoms with Crippen LogP contribution >= 0.6 is 34.8 Å². The molecule has 0 saturated carbocycles. The Kier molecular flexibility index (Phi) is 3.65. The van der Waals surface area contributed by atoms with E-state index in [-0.39, 0.29) is 0 Å². The maximum atomic E-state index is 6.21. The van der Waals surface area contributed by atoms with Crippen LogP contribution in [0.15, 0.2) is 46.9 Å². The number of hydrogen-bond donors (Lipinski definition) is 1. The van der Waals surface area contributed by atoms with Crippen molar-refractivity contribution in [2.24, 2.45) is 5.73 Å². The first kappa shape index (κ1) is 13.8. The average Bonchev–Trinajstić information content (AvgIpc) is 2.82. The molecule has 1 heterocycles. The molecule has 1 unspecified atom stereocenters. The smallest absolute Gasteiger partial charge is 0.152 e. The summed E-state index contributed by atoms with van der Waals surface area (Å²) in [4.78, 5) is 0. The Bertz CT molecular complexity index is 762. The van der Waals surface area contributed by atoms with Crippen LogP contribution in [0, 0.1) is 0 Å². The van der Waals surface area contributed by atoms with E-state index in [9.17, 15) is 0 Å². The quantitative estimate of drug-likeness (QED) is 0.681. The van der Waals surface area contributed by atoms with Crippen LogP contribution in [-0.2, 0) is 0 Å². The van der Waals surface area contributed by atoms with Crippen molar-refractivity contribution in [3.8, 4) is 0 Å². The number of benzene rings is 2. The molecule has 1 aromatic heterocycles. The van der Waals surface area contributed by atoms with E-state index in [1.54, 1.807) is 24.3 Å². The first-order valence-electron chi connectivity index (χ1n) is 5.94. The van der Waals surface area contributed by atoms with Crippen LogP contribution in [0.3, 0.4) is 0 Å². The minimum atomic E-state index is -0.449. The number of para-hydroxylation sites is 1. The molecule has 3 rings (SSSR count). The van der Waals surface area contributed by atoms with Crippen molar-refractivity contribution in [1.82, 2.24) is 0 Å². The third-order valence-electron chi connectivity index (χ3n) is 3.07. The third kappa shape index (κ3) is 2.52. The van der Waals surface area contributed by atoms with Crippen LogP contribution in [0.2, 0.25) is 15.1 Å². The van der Waals surface area contributed by atoms with Crippen molar-refractivity contribution < 1.29 is 4.42 Å². The number of fused-ring (bicyclic) bond motifs is 1. The van der Waals surface area contributed by atoms with Gasteiger partial charge in [0.1, 0.15) is 5.76 Å². The highest BCUT2D eigenvalue weighted by atomic mass is 35.5. The summed E-state index contributed by atoms with van der Waals surface area (Å²) < 4.78 is 5.75. The predicted octanol–water partition coefficient (Wildman–Crippen LogP) is 5.44. The Morgan fingerprint density at radius 1 is 0.950 bits per heavy atom. The molecular formula is C15H10Cl3NO. The molecule has 20 heavy (non-hydrogen) atoms. The summed E-state index contributed by atoms with van der Waals surface area (Å²) in [7, 11) is 0.